The maximum absolute atomic E-state index is 12.5. The van der Waals surface area contributed by atoms with Crippen LogP contribution in [0.4, 0.5) is 5.82 Å². The Labute approximate surface area is 148 Å². The largest absolute Gasteiger partial charge is 0.367 e. The van der Waals surface area contributed by atoms with Crippen LogP contribution < -0.4 is 11.0 Å². The molecule has 8 heteroatoms. The third-order valence-electron chi connectivity index (χ3n) is 5.02. The molecular weight excluding hydrogens is 330 g/mol. The van der Waals surface area contributed by atoms with Crippen molar-refractivity contribution in [2.24, 2.45) is 7.05 Å². The van der Waals surface area contributed by atoms with Gasteiger partial charge in [-0.2, -0.15) is 0 Å². The first-order chi connectivity index (χ1) is 12.7. The average Bonchev–Trinajstić information content (AvgIpc) is 2.89. The number of imidazole rings is 1. The van der Waals surface area contributed by atoms with Crippen LogP contribution in [0.1, 0.15) is 18.9 Å². The molecule has 1 N–H and O–H groups in total. The number of aryl methyl sites for hydroxylation is 1. The second-order valence-corrected chi connectivity index (χ2v) is 6.65. The Morgan fingerprint density at radius 3 is 2.73 bits per heavy atom. The third-order valence-corrected chi connectivity index (χ3v) is 5.02. The fraction of sp³-hybridized carbons (Fsp3) is 0.278. The highest BCUT2D eigenvalue weighted by atomic mass is 16.1. The van der Waals surface area contributed by atoms with E-state index in [0.717, 1.165) is 29.6 Å². The molecule has 1 fully saturated rings. The van der Waals surface area contributed by atoms with Gasteiger partial charge in [0.05, 0.1) is 11.7 Å². The topological polar surface area (TPSA) is 90.5 Å². The summed E-state index contributed by atoms with van der Waals surface area (Å²) in [5.74, 6) is 0.832. The zero-order valence-electron chi connectivity index (χ0n) is 14.2. The normalized spacial score (nSPS) is 19.6. The van der Waals surface area contributed by atoms with Gasteiger partial charge in [-0.1, -0.05) is 0 Å². The Bertz CT molecular complexity index is 1170. The molecule has 4 heterocycles. The molecule has 1 saturated carbocycles. The first-order valence-corrected chi connectivity index (χ1v) is 8.56. The molecule has 1 aliphatic rings. The molecule has 4 aromatic heterocycles. The molecule has 0 spiro atoms. The molecule has 0 radical (unpaired) electrons. The SMILES string of the molecule is Cn1c(=O)n([C@H]2C[C@H](Nc3ccc4ccncc4n3)C2)c2nccnc21. The summed E-state index contributed by atoms with van der Waals surface area (Å²) in [7, 11) is 1.73. The molecule has 0 aliphatic heterocycles. The molecule has 0 atom stereocenters. The molecule has 4 aromatic rings. The van der Waals surface area contributed by atoms with E-state index in [9.17, 15) is 4.79 Å². The molecule has 8 nitrogen and oxygen atoms in total. The number of rotatable bonds is 3. The van der Waals surface area contributed by atoms with Gasteiger partial charge in [0.2, 0.25) is 0 Å². The Balaban J connectivity index is 1.36. The number of pyridine rings is 2. The maximum atomic E-state index is 12.5. The van der Waals surface area contributed by atoms with Gasteiger partial charge in [-0.25, -0.2) is 19.7 Å². The fourth-order valence-corrected chi connectivity index (χ4v) is 3.57. The van der Waals surface area contributed by atoms with E-state index < -0.39 is 0 Å². The van der Waals surface area contributed by atoms with Crippen molar-refractivity contribution in [2.75, 3.05) is 5.32 Å². The quantitative estimate of drug-likeness (QED) is 0.609. The van der Waals surface area contributed by atoms with Gasteiger partial charge in [0.1, 0.15) is 5.82 Å². The highest BCUT2D eigenvalue weighted by molar-refractivity contribution is 5.79. The summed E-state index contributed by atoms with van der Waals surface area (Å²) in [5, 5.41) is 4.51. The lowest BCUT2D eigenvalue weighted by Crippen LogP contribution is -2.41. The van der Waals surface area contributed by atoms with Crippen molar-refractivity contribution in [1.29, 1.82) is 0 Å². The summed E-state index contributed by atoms with van der Waals surface area (Å²) in [6, 6.07) is 6.36. The standard InChI is InChI=1S/C18H17N7O/c1-24-16-17(21-7-6-20-16)25(18(24)26)13-8-12(9-13)22-15-3-2-11-4-5-19-10-14(11)23-15/h2-7,10,12-13H,8-9H2,1H3,(H,22,23)/t12-,13-. The van der Waals surface area contributed by atoms with Gasteiger partial charge < -0.3 is 5.32 Å². The number of nitrogens with one attached hydrogen (secondary N) is 1. The van der Waals surface area contributed by atoms with Crippen molar-refractivity contribution in [3.8, 4) is 0 Å². The molecule has 130 valence electrons. The molecule has 5 rings (SSSR count). The molecule has 0 saturated heterocycles. The Hall–Kier alpha value is -3.29. The second-order valence-electron chi connectivity index (χ2n) is 6.65. The van der Waals surface area contributed by atoms with E-state index >= 15 is 0 Å². The zero-order valence-corrected chi connectivity index (χ0v) is 14.2. The van der Waals surface area contributed by atoms with Crippen LogP contribution in [-0.2, 0) is 7.05 Å². The highest BCUT2D eigenvalue weighted by Crippen LogP contribution is 2.34. The summed E-state index contributed by atoms with van der Waals surface area (Å²) in [6.45, 7) is 0. The van der Waals surface area contributed by atoms with Gasteiger partial charge in [-0.05, 0) is 31.0 Å². The monoisotopic (exact) mass is 347 g/mol. The van der Waals surface area contributed by atoms with E-state index in [4.69, 9.17) is 0 Å². The third kappa shape index (κ3) is 2.26. The summed E-state index contributed by atoms with van der Waals surface area (Å²) >= 11 is 0. The van der Waals surface area contributed by atoms with Crippen molar-refractivity contribution < 1.29 is 0 Å². The molecule has 0 aromatic carbocycles. The van der Waals surface area contributed by atoms with E-state index in [1.807, 2.05) is 18.2 Å². The molecule has 0 bridgehead atoms. The fourth-order valence-electron chi connectivity index (χ4n) is 3.57. The lowest BCUT2D eigenvalue weighted by molar-refractivity contribution is 0.280. The smallest absolute Gasteiger partial charge is 0.331 e. The number of anilines is 1. The minimum absolute atomic E-state index is 0.0652. The predicted molar refractivity (Wildman–Crippen MR) is 98.0 cm³/mol. The molecule has 0 unspecified atom stereocenters. The summed E-state index contributed by atoms with van der Waals surface area (Å²) in [6.07, 6.45) is 8.46. The van der Waals surface area contributed by atoms with Crippen molar-refractivity contribution in [3.05, 3.63) is 53.5 Å². The lowest BCUT2D eigenvalue weighted by Gasteiger charge is -2.36. The molecule has 1 aliphatic carbocycles. The van der Waals surface area contributed by atoms with Crippen LogP contribution in [-0.4, -0.2) is 35.1 Å². The van der Waals surface area contributed by atoms with Crippen LogP contribution >= 0.6 is 0 Å². The average molecular weight is 347 g/mol. The van der Waals surface area contributed by atoms with Gasteiger partial charge in [-0.3, -0.25) is 14.1 Å². The van der Waals surface area contributed by atoms with Crippen LogP contribution in [0.15, 0.2) is 47.8 Å². The Morgan fingerprint density at radius 2 is 1.88 bits per heavy atom. The van der Waals surface area contributed by atoms with Crippen LogP contribution in [0.5, 0.6) is 0 Å². The summed E-state index contributed by atoms with van der Waals surface area (Å²) in [4.78, 5) is 29.9. The Morgan fingerprint density at radius 1 is 1.08 bits per heavy atom. The molecule has 26 heavy (non-hydrogen) atoms. The summed E-state index contributed by atoms with van der Waals surface area (Å²) < 4.78 is 3.32. The first-order valence-electron chi connectivity index (χ1n) is 8.56. The number of hydrogen-bond donors (Lipinski definition) is 1. The van der Waals surface area contributed by atoms with Crippen molar-refractivity contribution >= 4 is 28.0 Å². The first kappa shape index (κ1) is 15.0. The number of nitrogens with zero attached hydrogens (tertiary/aromatic N) is 6. The minimum Gasteiger partial charge on any atom is -0.367 e. The van der Waals surface area contributed by atoms with E-state index in [-0.39, 0.29) is 17.8 Å². The van der Waals surface area contributed by atoms with E-state index in [0.29, 0.717) is 11.3 Å². The van der Waals surface area contributed by atoms with Gasteiger partial charge in [0.15, 0.2) is 11.3 Å². The lowest BCUT2D eigenvalue weighted by atomic mass is 9.86. The van der Waals surface area contributed by atoms with Crippen LogP contribution in [0.25, 0.3) is 22.2 Å². The van der Waals surface area contributed by atoms with E-state index in [2.05, 4.69) is 25.3 Å². The number of fused-ring (bicyclic) bond motifs is 2. The van der Waals surface area contributed by atoms with E-state index in [1.54, 1.807) is 41.0 Å². The molecular formula is C18H17N7O. The minimum atomic E-state index is -0.0652. The van der Waals surface area contributed by atoms with Crippen molar-refractivity contribution in [1.82, 2.24) is 29.1 Å². The van der Waals surface area contributed by atoms with Gasteiger partial charge >= 0.3 is 5.69 Å². The van der Waals surface area contributed by atoms with Gasteiger partial charge in [0.25, 0.3) is 0 Å². The maximum Gasteiger partial charge on any atom is 0.331 e. The van der Waals surface area contributed by atoms with Crippen LogP contribution in [0.3, 0.4) is 0 Å². The zero-order chi connectivity index (χ0) is 17.7. The van der Waals surface area contributed by atoms with Crippen molar-refractivity contribution in [2.45, 2.75) is 24.9 Å². The van der Waals surface area contributed by atoms with Crippen LogP contribution in [0.2, 0.25) is 0 Å². The molecule has 0 amide bonds. The second kappa shape index (κ2) is 5.62. The van der Waals surface area contributed by atoms with Crippen molar-refractivity contribution in [3.63, 3.8) is 0 Å². The predicted octanol–water partition coefficient (Wildman–Crippen LogP) is 1.89. The Kier molecular flexibility index (Phi) is 3.24. The van der Waals surface area contributed by atoms with E-state index in [1.165, 1.54) is 0 Å². The summed E-state index contributed by atoms with van der Waals surface area (Å²) in [5.41, 5.74) is 2.08. The van der Waals surface area contributed by atoms with Gasteiger partial charge in [-0.15, -0.1) is 0 Å². The highest BCUT2D eigenvalue weighted by Gasteiger charge is 2.34. The van der Waals surface area contributed by atoms with Crippen LogP contribution in [0, 0.1) is 0 Å². The number of aromatic nitrogens is 6. The van der Waals surface area contributed by atoms with Gasteiger partial charge in [0, 0.05) is 43.1 Å². The number of hydrogen-bond acceptors (Lipinski definition) is 6.